The summed E-state index contributed by atoms with van der Waals surface area (Å²) in [6.07, 6.45) is 3.49. The molecular weight excluding hydrogens is 406 g/mol. The van der Waals surface area contributed by atoms with E-state index in [1.165, 1.54) is 11.1 Å². The number of nitrogens with two attached hydrogens (primary N) is 1. The van der Waals surface area contributed by atoms with Crippen LogP contribution >= 0.6 is 0 Å². The Balaban J connectivity index is 1.30. The maximum absolute atomic E-state index is 12.5. The van der Waals surface area contributed by atoms with Gasteiger partial charge in [-0.15, -0.1) is 0 Å². The number of carbonyl (C=O) groups is 1. The summed E-state index contributed by atoms with van der Waals surface area (Å²) in [5, 5.41) is 3.24. The monoisotopic (exact) mass is 441 g/mol. The molecule has 4 nitrogen and oxygen atoms in total. The van der Waals surface area contributed by atoms with E-state index in [2.05, 4.69) is 77.8 Å². The van der Waals surface area contributed by atoms with E-state index < -0.39 is 0 Å². The van der Waals surface area contributed by atoms with Crippen LogP contribution in [0.1, 0.15) is 48.8 Å². The Morgan fingerprint density at radius 3 is 2.00 bits per heavy atom. The van der Waals surface area contributed by atoms with Crippen molar-refractivity contribution in [1.29, 1.82) is 0 Å². The van der Waals surface area contributed by atoms with Crippen molar-refractivity contribution in [3.63, 3.8) is 0 Å². The van der Waals surface area contributed by atoms with Crippen molar-refractivity contribution in [3.05, 3.63) is 102 Å². The van der Waals surface area contributed by atoms with Crippen LogP contribution in [0.3, 0.4) is 0 Å². The molecule has 33 heavy (non-hydrogen) atoms. The number of rotatable bonds is 8. The van der Waals surface area contributed by atoms with E-state index in [1.807, 2.05) is 24.3 Å². The van der Waals surface area contributed by atoms with Crippen LogP contribution in [0.5, 0.6) is 0 Å². The summed E-state index contributed by atoms with van der Waals surface area (Å²) in [5.74, 6) is 0.485. The number of benzene rings is 3. The van der Waals surface area contributed by atoms with E-state index in [-0.39, 0.29) is 11.9 Å². The van der Waals surface area contributed by atoms with Gasteiger partial charge in [0.05, 0.1) is 6.42 Å². The highest BCUT2D eigenvalue weighted by Gasteiger charge is 2.26. The first kappa shape index (κ1) is 23.1. The molecule has 4 heteroatoms. The molecule has 0 spiro atoms. The number of piperidine rings is 1. The SMILES string of the molecule is CC(CC(c1ccccc1)c1ccccc1)N1CCC(NC(=O)Cc2ccc(N)cc2)CC1. The van der Waals surface area contributed by atoms with E-state index >= 15 is 0 Å². The molecule has 3 N–H and O–H groups in total. The maximum Gasteiger partial charge on any atom is 0.224 e. The fourth-order valence-corrected chi connectivity index (χ4v) is 4.91. The summed E-state index contributed by atoms with van der Waals surface area (Å²) >= 11 is 0. The van der Waals surface area contributed by atoms with E-state index in [0.717, 1.165) is 43.6 Å². The van der Waals surface area contributed by atoms with Gasteiger partial charge >= 0.3 is 0 Å². The summed E-state index contributed by atoms with van der Waals surface area (Å²) in [4.78, 5) is 15.1. The molecule has 0 aromatic heterocycles. The molecule has 0 radical (unpaired) electrons. The molecule has 1 amide bonds. The lowest BCUT2D eigenvalue weighted by molar-refractivity contribution is -0.121. The molecule has 0 bridgehead atoms. The van der Waals surface area contributed by atoms with Crippen molar-refractivity contribution in [3.8, 4) is 0 Å². The standard InChI is InChI=1S/C29H35N3O/c1-22(20-28(24-8-4-2-5-9-24)25-10-6-3-7-11-25)32-18-16-27(17-19-32)31-29(33)21-23-12-14-26(30)15-13-23/h2-15,22,27-28H,16-21,30H2,1H3,(H,31,33). The van der Waals surface area contributed by atoms with Gasteiger partial charge in [-0.3, -0.25) is 4.79 Å². The zero-order valence-electron chi connectivity index (χ0n) is 19.5. The number of amides is 1. The Hall–Kier alpha value is -3.11. The molecule has 3 aromatic carbocycles. The molecular formula is C29H35N3O. The largest absolute Gasteiger partial charge is 0.399 e. The van der Waals surface area contributed by atoms with Gasteiger partial charge in [-0.05, 0) is 55.0 Å². The molecule has 1 aliphatic heterocycles. The first-order valence-electron chi connectivity index (χ1n) is 12.1. The quantitative estimate of drug-likeness (QED) is 0.484. The van der Waals surface area contributed by atoms with Gasteiger partial charge in [-0.2, -0.15) is 0 Å². The average molecular weight is 442 g/mol. The number of nitrogens with one attached hydrogen (secondary N) is 1. The van der Waals surface area contributed by atoms with E-state index in [9.17, 15) is 4.79 Å². The van der Waals surface area contributed by atoms with Gasteiger partial charge in [0.25, 0.3) is 0 Å². The number of hydrogen-bond acceptors (Lipinski definition) is 3. The molecule has 1 atom stereocenters. The number of carbonyl (C=O) groups excluding carboxylic acids is 1. The highest BCUT2D eigenvalue weighted by molar-refractivity contribution is 5.79. The van der Waals surface area contributed by atoms with Crippen molar-refractivity contribution in [2.45, 2.75) is 50.6 Å². The van der Waals surface area contributed by atoms with Gasteiger partial charge in [0, 0.05) is 36.8 Å². The Kier molecular flexibility index (Phi) is 7.79. The molecule has 4 rings (SSSR count). The lowest BCUT2D eigenvalue weighted by Crippen LogP contribution is -2.47. The third-order valence-corrected chi connectivity index (χ3v) is 6.84. The van der Waals surface area contributed by atoms with Crippen LogP contribution in [0.25, 0.3) is 0 Å². The third-order valence-electron chi connectivity index (χ3n) is 6.84. The smallest absolute Gasteiger partial charge is 0.224 e. The van der Waals surface area contributed by atoms with Crippen LogP contribution < -0.4 is 11.1 Å². The van der Waals surface area contributed by atoms with Crippen molar-refractivity contribution in [2.24, 2.45) is 0 Å². The van der Waals surface area contributed by atoms with Gasteiger partial charge < -0.3 is 16.0 Å². The van der Waals surface area contributed by atoms with Gasteiger partial charge in [-0.25, -0.2) is 0 Å². The van der Waals surface area contributed by atoms with Gasteiger partial charge in [0.1, 0.15) is 0 Å². The summed E-state index contributed by atoms with van der Waals surface area (Å²) in [6, 6.07) is 30.0. The second-order valence-electron chi connectivity index (χ2n) is 9.25. The van der Waals surface area contributed by atoms with Crippen molar-refractivity contribution >= 4 is 11.6 Å². The lowest BCUT2D eigenvalue weighted by Gasteiger charge is -2.37. The molecule has 0 saturated carbocycles. The second-order valence-corrected chi connectivity index (χ2v) is 9.25. The highest BCUT2D eigenvalue weighted by atomic mass is 16.1. The van der Waals surface area contributed by atoms with Crippen LogP contribution in [-0.2, 0) is 11.2 Å². The fourth-order valence-electron chi connectivity index (χ4n) is 4.91. The predicted molar refractivity (Wildman–Crippen MR) is 136 cm³/mol. The minimum atomic E-state index is 0.0967. The maximum atomic E-state index is 12.5. The predicted octanol–water partition coefficient (Wildman–Crippen LogP) is 5.00. The summed E-state index contributed by atoms with van der Waals surface area (Å²) < 4.78 is 0. The van der Waals surface area contributed by atoms with Crippen LogP contribution in [-0.4, -0.2) is 36.0 Å². The van der Waals surface area contributed by atoms with Crippen LogP contribution in [0.4, 0.5) is 5.69 Å². The Morgan fingerprint density at radius 1 is 0.909 bits per heavy atom. The minimum absolute atomic E-state index is 0.0967. The van der Waals surface area contributed by atoms with Crippen LogP contribution in [0, 0.1) is 0 Å². The molecule has 172 valence electrons. The lowest BCUT2D eigenvalue weighted by atomic mass is 9.85. The van der Waals surface area contributed by atoms with Crippen molar-refractivity contribution in [2.75, 3.05) is 18.8 Å². The number of anilines is 1. The minimum Gasteiger partial charge on any atom is -0.399 e. The topological polar surface area (TPSA) is 58.4 Å². The molecule has 1 heterocycles. The zero-order chi connectivity index (χ0) is 23.0. The normalized spacial score (nSPS) is 15.9. The van der Waals surface area contributed by atoms with Crippen molar-refractivity contribution in [1.82, 2.24) is 10.2 Å². The third kappa shape index (κ3) is 6.45. The van der Waals surface area contributed by atoms with Crippen LogP contribution in [0.2, 0.25) is 0 Å². The number of nitrogens with zero attached hydrogens (tertiary/aromatic N) is 1. The first-order chi connectivity index (χ1) is 16.1. The van der Waals surface area contributed by atoms with E-state index in [1.54, 1.807) is 0 Å². The molecule has 1 unspecified atom stereocenters. The van der Waals surface area contributed by atoms with Gasteiger partial charge in [0.2, 0.25) is 5.91 Å². The summed E-state index contributed by atoms with van der Waals surface area (Å²) in [6.45, 7) is 4.38. The van der Waals surface area contributed by atoms with E-state index in [4.69, 9.17) is 5.73 Å². The van der Waals surface area contributed by atoms with Crippen LogP contribution in [0.15, 0.2) is 84.9 Å². The second kappa shape index (κ2) is 11.2. The number of hydrogen-bond donors (Lipinski definition) is 2. The van der Waals surface area contributed by atoms with Gasteiger partial charge in [0.15, 0.2) is 0 Å². The highest BCUT2D eigenvalue weighted by Crippen LogP contribution is 2.31. The fraction of sp³-hybridized carbons (Fsp3) is 0.345. The molecule has 1 saturated heterocycles. The molecule has 0 aliphatic carbocycles. The number of nitrogen functional groups attached to an aromatic ring is 1. The zero-order valence-corrected chi connectivity index (χ0v) is 19.5. The Morgan fingerprint density at radius 2 is 1.45 bits per heavy atom. The van der Waals surface area contributed by atoms with Gasteiger partial charge in [-0.1, -0.05) is 72.8 Å². The van der Waals surface area contributed by atoms with Crippen molar-refractivity contribution < 1.29 is 4.79 Å². The molecule has 3 aromatic rings. The average Bonchev–Trinajstić information content (AvgIpc) is 2.85. The number of likely N-dealkylation sites (tertiary alicyclic amines) is 1. The summed E-state index contributed by atoms with van der Waals surface area (Å²) in [5.41, 5.74) is 10.2. The van der Waals surface area contributed by atoms with E-state index in [0.29, 0.717) is 18.4 Å². The molecule has 1 aliphatic rings. The Bertz CT molecular complexity index is 957. The molecule has 1 fully saturated rings. The first-order valence-corrected chi connectivity index (χ1v) is 12.1. The summed E-state index contributed by atoms with van der Waals surface area (Å²) in [7, 11) is 0. The Labute approximate surface area is 197 Å².